The highest BCUT2D eigenvalue weighted by Gasteiger charge is 2.29. The Kier molecular flexibility index (Phi) is 23.7. The summed E-state index contributed by atoms with van der Waals surface area (Å²) >= 11 is 0. The Morgan fingerprint density at radius 2 is 1.19 bits per heavy atom. The van der Waals surface area contributed by atoms with Crippen LogP contribution in [0.2, 0.25) is 0 Å². The highest BCUT2D eigenvalue weighted by Crippen LogP contribution is 2.19. The summed E-state index contributed by atoms with van der Waals surface area (Å²) < 4.78 is 30.6. The summed E-state index contributed by atoms with van der Waals surface area (Å²) in [6.07, 6.45) is 1.10. The Labute approximate surface area is 250 Å². The van der Waals surface area contributed by atoms with Gasteiger partial charge in [0, 0.05) is 45.3 Å². The molecule has 244 valence electrons. The third-order valence-electron chi connectivity index (χ3n) is 6.53. The van der Waals surface area contributed by atoms with Crippen LogP contribution in [0.4, 0.5) is 0 Å². The maximum atomic E-state index is 13.3. The van der Waals surface area contributed by atoms with Crippen LogP contribution in [0.25, 0.3) is 0 Å². The molecule has 0 bridgehead atoms. The Hall–Kier alpha value is -2.41. The molecule has 0 spiro atoms. The topological polar surface area (TPSA) is 153 Å². The van der Waals surface area contributed by atoms with Gasteiger partial charge in [0.1, 0.15) is 19.0 Å². The van der Waals surface area contributed by atoms with Crippen molar-refractivity contribution in [2.24, 2.45) is 17.8 Å². The number of carbonyl (C=O) groups excluding carboxylic acids is 5. The highest BCUT2D eigenvalue weighted by atomic mass is 16.6. The number of hydrogen-bond donors (Lipinski definition) is 1. The molecule has 12 nitrogen and oxygen atoms in total. The molecule has 42 heavy (non-hydrogen) atoms. The Morgan fingerprint density at radius 1 is 0.690 bits per heavy atom. The Bertz CT molecular complexity index is 787. The fraction of sp³-hybridized carbons (Fsp3) is 0.833. The van der Waals surface area contributed by atoms with E-state index < -0.39 is 23.9 Å². The number of rotatable bonds is 27. The lowest BCUT2D eigenvalue weighted by Gasteiger charge is -2.23. The van der Waals surface area contributed by atoms with Crippen LogP contribution in [0.5, 0.6) is 0 Å². The van der Waals surface area contributed by atoms with E-state index in [4.69, 9.17) is 28.4 Å². The highest BCUT2D eigenvalue weighted by molar-refractivity contribution is 5.93. The Balaban J connectivity index is 5.12. The van der Waals surface area contributed by atoms with Crippen LogP contribution in [0.3, 0.4) is 0 Å². The van der Waals surface area contributed by atoms with Gasteiger partial charge in [0.25, 0.3) is 0 Å². The van der Waals surface area contributed by atoms with E-state index in [1.54, 1.807) is 14.2 Å². The number of ketones is 2. The second kappa shape index (κ2) is 25.1. The van der Waals surface area contributed by atoms with Crippen molar-refractivity contribution in [1.82, 2.24) is 5.32 Å². The first-order valence-electron chi connectivity index (χ1n) is 14.8. The summed E-state index contributed by atoms with van der Waals surface area (Å²) in [6, 6.07) is -0.970. The molecular formula is C30H53NO11. The van der Waals surface area contributed by atoms with Gasteiger partial charge in [-0.15, -0.1) is 0 Å². The molecule has 0 aromatic heterocycles. The number of carbonyl (C=O) groups is 5. The Morgan fingerprint density at radius 3 is 1.64 bits per heavy atom. The molecule has 3 atom stereocenters. The quantitative estimate of drug-likeness (QED) is 0.109. The maximum Gasteiger partial charge on any atom is 0.305 e. The monoisotopic (exact) mass is 603 g/mol. The van der Waals surface area contributed by atoms with Crippen LogP contribution in [0.1, 0.15) is 72.6 Å². The van der Waals surface area contributed by atoms with E-state index in [0.29, 0.717) is 39.3 Å². The van der Waals surface area contributed by atoms with Crippen molar-refractivity contribution in [1.29, 1.82) is 0 Å². The van der Waals surface area contributed by atoms with E-state index >= 15 is 0 Å². The maximum absolute atomic E-state index is 13.3. The van der Waals surface area contributed by atoms with Gasteiger partial charge in [-0.05, 0) is 38.5 Å². The molecule has 0 heterocycles. The number of hydrogen-bond acceptors (Lipinski definition) is 11. The van der Waals surface area contributed by atoms with Gasteiger partial charge >= 0.3 is 11.9 Å². The predicted molar refractivity (Wildman–Crippen MR) is 155 cm³/mol. The number of ether oxygens (including phenoxy) is 6. The summed E-state index contributed by atoms with van der Waals surface area (Å²) in [5.74, 6) is -2.63. The SMILES string of the molecule is CC[C@@H](CC(C)C)C(=O)N[C@@H](CCC(=O)OCCOCCOC)C(=O)CC(CCC(=O)OCCOCCOC)C(C)=O. The fourth-order valence-electron chi connectivity index (χ4n) is 4.08. The standard InChI is InChI=1S/C30H53NO11/c1-7-24(20-22(2)3)30(36)31-26(9-11-29(35)42-19-17-40-15-13-38-6)27(33)21-25(23(4)32)8-10-28(34)41-18-16-39-14-12-37-5/h22,24-26H,7-21H2,1-6H3,(H,31,36)/t24-,25?,26-/m0/s1. The average Bonchev–Trinajstić information content (AvgIpc) is 2.94. The number of methoxy groups -OCH3 is 2. The van der Waals surface area contributed by atoms with E-state index in [0.717, 1.165) is 0 Å². The molecular weight excluding hydrogens is 550 g/mol. The van der Waals surface area contributed by atoms with Gasteiger partial charge in [0.15, 0.2) is 5.78 Å². The van der Waals surface area contributed by atoms with Crippen LogP contribution < -0.4 is 5.32 Å². The van der Waals surface area contributed by atoms with Crippen molar-refractivity contribution in [2.45, 2.75) is 78.7 Å². The van der Waals surface area contributed by atoms with E-state index in [2.05, 4.69) is 5.32 Å². The summed E-state index contributed by atoms with van der Waals surface area (Å²) in [5, 5.41) is 2.82. The zero-order chi connectivity index (χ0) is 31.8. The van der Waals surface area contributed by atoms with Crippen molar-refractivity contribution in [3.8, 4) is 0 Å². The van der Waals surface area contributed by atoms with Crippen molar-refractivity contribution in [3.05, 3.63) is 0 Å². The molecule has 12 heteroatoms. The second-order valence-corrected chi connectivity index (χ2v) is 10.5. The van der Waals surface area contributed by atoms with Crippen molar-refractivity contribution < 1.29 is 52.4 Å². The molecule has 0 aliphatic rings. The molecule has 0 saturated carbocycles. The minimum absolute atomic E-state index is 0.0296. The van der Waals surface area contributed by atoms with Crippen LogP contribution in [0, 0.1) is 17.8 Å². The minimum atomic E-state index is -0.970. The number of amides is 1. The molecule has 0 radical (unpaired) electrons. The van der Waals surface area contributed by atoms with Crippen LogP contribution >= 0.6 is 0 Å². The van der Waals surface area contributed by atoms with E-state index in [9.17, 15) is 24.0 Å². The van der Waals surface area contributed by atoms with Crippen molar-refractivity contribution in [3.63, 3.8) is 0 Å². The predicted octanol–water partition coefficient (Wildman–Crippen LogP) is 2.68. The zero-order valence-electron chi connectivity index (χ0n) is 26.4. The molecule has 0 saturated heterocycles. The molecule has 0 aliphatic carbocycles. The molecule has 0 rings (SSSR count). The van der Waals surface area contributed by atoms with Crippen LogP contribution in [-0.2, 0) is 52.4 Å². The molecule has 1 amide bonds. The minimum Gasteiger partial charge on any atom is -0.463 e. The number of Topliss-reactive ketones (excluding diaryl/α,β-unsaturated/α-hetero) is 2. The molecule has 0 aromatic rings. The lowest BCUT2D eigenvalue weighted by molar-refractivity contribution is -0.147. The summed E-state index contributed by atoms with van der Waals surface area (Å²) in [7, 11) is 3.12. The van der Waals surface area contributed by atoms with Gasteiger partial charge < -0.3 is 33.7 Å². The van der Waals surface area contributed by atoms with Crippen LogP contribution in [-0.4, -0.2) is 103 Å². The van der Waals surface area contributed by atoms with E-state index in [-0.39, 0.29) is 87.8 Å². The average molecular weight is 604 g/mol. The lowest BCUT2D eigenvalue weighted by atomic mass is 9.89. The van der Waals surface area contributed by atoms with E-state index in [1.807, 2.05) is 20.8 Å². The second-order valence-electron chi connectivity index (χ2n) is 10.5. The molecule has 1 unspecified atom stereocenters. The number of nitrogens with one attached hydrogen (secondary N) is 1. The van der Waals surface area contributed by atoms with Gasteiger partial charge in [-0.1, -0.05) is 20.8 Å². The zero-order valence-corrected chi connectivity index (χ0v) is 26.4. The molecule has 0 fully saturated rings. The van der Waals surface area contributed by atoms with Crippen molar-refractivity contribution >= 4 is 29.4 Å². The third kappa shape index (κ3) is 20.5. The number of esters is 2. The third-order valence-corrected chi connectivity index (χ3v) is 6.53. The summed E-state index contributed by atoms with van der Waals surface area (Å²) in [5.41, 5.74) is 0. The van der Waals surface area contributed by atoms with Gasteiger partial charge in [0.05, 0.1) is 45.7 Å². The first kappa shape index (κ1) is 39.6. The van der Waals surface area contributed by atoms with Gasteiger partial charge in [-0.25, -0.2) is 0 Å². The summed E-state index contributed by atoms with van der Waals surface area (Å²) in [4.78, 5) is 63.2. The lowest BCUT2D eigenvalue weighted by Crippen LogP contribution is -2.45. The van der Waals surface area contributed by atoms with Gasteiger partial charge in [-0.3, -0.25) is 24.0 Å². The first-order chi connectivity index (χ1) is 20.0. The van der Waals surface area contributed by atoms with Gasteiger partial charge in [-0.2, -0.15) is 0 Å². The summed E-state index contributed by atoms with van der Waals surface area (Å²) in [6.45, 7) is 9.51. The molecule has 1 N–H and O–H groups in total. The smallest absolute Gasteiger partial charge is 0.305 e. The van der Waals surface area contributed by atoms with Crippen molar-refractivity contribution in [2.75, 3.05) is 67.1 Å². The van der Waals surface area contributed by atoms with E-state index in [1.165, 1.54) is 6.92 Å². The normalized spacial score (nSPS) is 13.3. The van der Waals surface area contributed by atoms with Crippen LogP contribution in [0.15, 0.2) is 0 Å². The first-order valence-corrected chi connectivity index (χ1v) is 14.8. The van der Waals surface area contributed by atoms with Gasteiger partial charge in [0.2, 0.25) is 5.91 Å². The largest absolute Gasteiger partial charge is 0.463 e. The fourth-order valence-corrected chi connectivity index (χ4v) is 4.08. The molecule has 0 aliphatic heterocycles. The molecule has 0 aromatic carbocycles.